The first-order valence-electron chi connectivity index (χ1n) is 4.88. The van der Waals surface area contributed by atoms with E-state index in [0.29, 0.717) is 4.47 Å². The van der Waals surface area contributed by atoms with E-state index in [9.17, 15) is 8.42 Å². The van der Waals surface area contributed by atoms with Crippen molar-refractivity contribution in [3.8, 4) is 0 Å². The zero-order valence-electron chi connectivity index (χ0n) is 8.63. The molecule has 1 saturated carbocycles. The fraction of sp³-hybridized carbons (Fsp3) is 0.400. The molecule has 1 aromatic carbocycles. The van der Waals surface area contributed by atoms with Crippen LogP contribution < -0.4 is 4.72 Å². The largest absolute Gasteiger partial charge is 0.241 e. The SMILES string of the molecule is Cc1cc(Br)c(S(=O)(=O)NC2CC2)cc1Br. The minimum Gasteiger partial charge on any atom is -0.208 e. The molecule has 1 N–H and O–H groups in total. The van der Waals surface area contributed by atoms with Gasteiger partial charge in [-0.25, -0.2) is 13.1 Å². The summed E-state index contributed by atoms with van der Waals surface area (Å²) in [5.41, 5.74) is 0.997. The highest BCUT2D eigenvalue weighted by atomic mass is 79.9. The van der Waals surface area contributed by atoms with E-state index in [4.69, 9.17) is 0 Å². The molecule has 88 valence electrons. The summed E-state index contributed by atoms with van der Waals surface area (Å²) in [5.74, 6) is 0. The van der Waals surface area contributed by atoms with E-state index in [1.807, 2.05) is 6.92 Å². The summed E-state index contributed by atoms with van der Waals surface area (Å²) < 4.78 is 28.1. The van der Waals surface area contributed by atoms with Crippen LogP contribution in [-0.2, 0) is 10.0 Å². The van der Waals surface area contributed by atoms with Crippen molar-refractivity contribution in [3.63, 3.8) is 0 Å². The first-order chi connectivity index (χ1) is 7.40. The van der Waals surface area contributed by atoms with Crippen LogP contribution >= 0.6 is 31.9 Å². The number of hydrogen-bond acceptors (Lipinski definition) is 2. The quantitative estimate of drug-likeness (QED) is 0.891. The number of sulfonamides is 1. The summed E-state index contributed by atoms with van der Waals surface area (Å²) in [6, 6.07) is 3.55. The molecule has 16 heavy (non-hydrogen) atoms. The number of nitrogens with one attached hydrogen (secondary N) is 1. The molecular formula is C10H11Br2NO2S. The average Bonchev–Trinajstić information content (AvgIpc) is 2.94. The second-order valence-corrected chi connectivity index (χ2v) is 7.32. The molecule has 6 heteroatoms. The maximum atomic E-state index is 12.0. The standard InChI is InChI=1S/C10H11Br2NO2S/c1-6-4-9(12)10(5-8(6)11)16(14,15)13-7-2-3-7/h4-5,7,13H,2-3H2,1H3. The lowest BCUT2D eigenvalue weighted by Gasteiger charge is -2.09. The van der Waals surface area contributed by atoms with Crippen molar-refractivity contribution in [1.29, 1.82) is 0 Å². The second-order valence-electron chi connectivity index (χ2n) is 3.93. The van der Waals surface area contributed by atoms with Gasteiger partial charge in [0.15, 0.2) is 0 Å². The summed E-state index contributed by atoms with van der Waals surface area (Å²) in [4.78, 5) is 0.289. The Kier molecular flexibility index (Phi) is 3.45. The molecule has 1 fully saturated rings. The summed E-state index contributed by atoms with van der Waals surface area (Å²) in [5, 5.41) is 0. The Balaban J connectivity index is 2.42. The smallest absolute Gasteiger partial charge is 0.208 e. The molecule has 1 aliphatic carbocycles. The summed E-state index contributed by atoms with van der Waals surface area (Å²) in [6.45, 7) is 1.92. The van der Waals surface area contributed by atoms with Crippen LogP contribution in [0.5, 0.6) is 0 Å². The van der Waals surface area contributed by atoms with E-state index < -0.39 is 10.0 Å². The van der Waals surface area contributed by atoms with Gasteiger partial charge < -0.3 is 0 Å². The van der Waals surface area contributed by atoms with E-state index >= 15 is 0 Å². The van der Waals surface area contributed by atoms with Crippen LogP contribution in [0.2, 0.25) is 0 Å². The van der Waals surface area contributed by atoms with Crippen LogP contribution in [0.3, 0.4) is 0 Å². The third kappa shape index (κ3) is 2.67. The van der Waals surface area contributed by atoms with Gasteiger partial charge in [-0.05, 0) is 53.4 Å². The maximum Gasteiger partial charge on any atom is 0.241 e. The number of benzene rings is 1. The van der Waals surface area contributed by atoms with Crippen molar-refractivity contribution in [3.05, 3.63) is 26.6 Å². The normalized spacial score (nSPS) is 16.4. The Labute approximate surface area is 112 Å². The fourth-order valence-corrected chi connectivity index (χ4v) is 4.30. The van der Waals surface area contributed by atoms with Crippen molar-refractivity contribution in [2.75, 3.05) is 0 Å². The van der Waals surface area contributed by atoms with Crippen molar-refractivity contribution >= 4 is 41.9 Å². The van der Waals surface area contributed by atoms with E-state index in [1.165, 1.54) is 0 Å². The van der Waals surface area contributed by atoms with Crippen LogP contribution in [0.25, 0.3) is 0 Å². The molecule has 0 heterocycles. The van der Waals surface area contributed by atoms with Gasteiger partial charge in [-0.3, -0.25) is 0 Å². The van der Waals surface area contributed by atoms with Crippen LogP contribution in [0.4, 0.5) is 0 Å². The van der Waals surface area contributed by atoms with Crippen molar-refractivity contribution in [1.82, 2.24) is 4.72 Å². The lowest BCUT2D eigenvalue weighted by molar-refractivity contribution is 0.580. The Hall–Kier alpha value is 0.0900. The molecule has 0 saturated heterocycles. The van der Waals surface area contributed by atoms with Gasteiger partial charge >= 0.3 is 0 Å². The molecule has 2 rings (SSSR count). The van der Waals surface area contributed by atoms with Gasteiger partial charge in [0.05, 0.1) is 4.90 Å². The molecule has 0 bridgehead atoms. The Morgan fingerprint density at radius 3 is 2.44 bits per heavy atom. The number of hydrogen-bond donors (Lipinski definition) is 1. The number of halogens is 2. The first-order valence-corrected chi connectivity index (χ1v) is 7.95. The molecule has 0 unspecified atom stereocenters. The van der Waals surface area contributed by atoms with Gasteiger partial charge in [0.1, 0.15) is 0 Å². The monoisotopic (exact) mass is 367 g/mol. The Morgan fingerprint density at radius 1 is 1.25 bits per heavy atom. The van der Waals surface area contributed by atoms with Gasteiger partial charge in [0.25, 0.3) is 0 Å². The molecule has 0 radical (unpaired) electrons. The molecule has 3 nitrogen and oxygen atoms in total. The van der Waals surface area contributed by atoms with E-state index in [0.717, 1.165) is 22.9 Å². The fourth-order valence-electron chi connectivity index (χ4n) is 1.32. The highest BCUT2D eigenvalue weighted by Gasteiger charge is 2.29. The lowest BCUT2D eigenvalue weighted by Crippen LogP contribution is -2.26. The molecule has 0 aromatic heterocycles. The van der Waals surface area contributed by atoms with Gasteiger partial charge in [0, 0.05) is 15.0 Å². The third-order valence-corrected chi connectivity index (χ3v) is 5.74. The van der Waals surface area contributed by atoms with Crippen LogP contribution in [0.1, 0.15) is 18.4 Å². The van der Waals surface area contributed by atoms with Gasteiger partial charge in [-0.15, -0.1) is 0 Å². The number of aryl methyl sites for hydroxylation is 1. The summed E-state index contributed by atoms with van der Waals surface area (Å²) in [7, 11) is -3.39. The maximum absolute atomic E-state index is 12.0. The van der Waals surface area contributed by atoms with Crippen LogP contribution in [-0.4, -0.2) is 14.5 Å². The van der Waals surface area contributed by atoms with Gasteiger partial charge in [-0.1, -0.05) is 15.9 Å². The van der Waals surface area contributed by atoms with Crippen LogP contribution in [0, 0.1) is 6.92 Å². The average molecular weight is 369 g/mol. The lowest BCUT2D eigenvalue weighted by atomic mass is 10.2. The van der Waals surface area contributed by atoms with E-state index in [2.05, 4.69) is 36.6 Å². The van der Waals surface area contributed by atoms with Gasteiger partial charge in [0.2, 0.25) is 10.0 Å². The molecule has 0 atom stereocenters. The molecule has 0 amide bonds. The molecule has 1 aromatic rings. The van der Waals surface area contributed by atoms with E-state index in [-0.39, 0.29) is 10.9 Å². The molecule has 0 spiro atoms. The highest BCUT2D eigenvalue weighted by molar-refractivity contribution is 9.11. The summed E-state index contributed by atoms with van der Waals surface area (Å²) in [6.07, 6.45) is 1.87. The highest BCUT2D eigenvalue weighted by Crippen LogP contribution is 2.30. The zero-order valence-corrected chi connectivity index (χ0v) is 12.6. The summed E-state index contributed by atoms with van der Waals surface area (Å²) >= 11 is 6.63. The third-order valence-electron chi connectivity index (χ3n) is 2.40. The second kappa shape index (κ2) is 4.40. The minimum atomic E-state index is -3.39. The predicted molar refractivity (Wildman–Crippen MR) is 69.9 cm³/mol. The minimum absolute atomic E-state index is 0.122. The first kappa shape index (κ1) is 12.5. The predicted octanol–water partition coefficient (Wildman–Crippen LogP) is 2.96. The van der Waals surface area contributed by atoms with Crippen LogP contribution in [0.15, 0.2) is 26.0 Å². The molecule has 0 aliphatic heterocycles. The molecule has 1 aliphatic rings. The molecular weight excluding hydrogens is 358 g/mol. The van der Waals surface area contributed by atoms with Crippen molar-refractivity contribution in [2.24, 2.45) is 0 Å². The Morgan fingerprint density at radius 2 is 1.88 bits per heavy atom. The van der Waals surface area contributed by atoms with Crippen molar-refractivity contribution < 1.29 is 8.42 Å². The van der Waals surface area contributed by atoms with Gasteiger partial charge in [-0.2, -0.15) is 0 Å². The topological polar surface area (TPSA) is 46.2 Å². The van der Waals surface area contributed by atoms with E-state index in [1.54, 1.807) is 12.1 Å². The number of rotatable bonds is 3. The van der Waals surface area contributed by atoms with Crippen molar-refractivity contribution in [2.45, 2.75) is 30.7 Å². The Bertz CT molecular complexity index is 524. The zero-order chi connectivity index (χ0) is 11.9.